The van der Waals surface area contributed by atoms with Gasteiger partial charge in [0.05, 0.1) is 27.1 Å². The molecule has 0 unspecified atom stereocenters. The molecule has 0 spiro atoms. The molecule has 5 nitrogen and oxygen atoms in total. The molecule has 0 bridgehead atoms. The highest BCUT2D eigenvalue weighted by molar-refractivity contribution is 4.78. The fourth-order valence-electron chi connectivity index (χ4n) is 0.822. The van der Waals surface area contributed by atoms with Crippen molar-refractivity contribution in [2.24, 2.45) is 7.05 Å². The fraction of sp³-hybridized carbons (Fsp3) is 0.833. The van der Waals surface area contributed by atoms with E-state index in [-0.39, 0.29) is 12.4 Å². The minimum absolute atomic E-state index is 0. The van der Waals surface area contributed by atoms with Crippen LogP contribution in [0.2, 0.25) is 0 Å². The summed E-state index contributed by atoms with van der Waals surface area (Å²) in [4.78, 5) is 1.41. The standard InChI is InChI=1S/C6H13N5.ClH/c1-10(2)5-4-6-7-8-9-11(6)3;/h4-5H2,1-3H3;1H. The highest BCUT2D eigenvalue weighted by Gasteiger charge is 2.02. The van der Waals surface area contributed by atoms with Gasteiger partial charge in [0.25, 0.3) is 0 Å². The first-order valence-electron chi connectivity index (χ1n) is 3.70. The molecule has 0 aliphatic heterocycles. The molecule has 0 saturated carbocycles. The average molecular weight is 192 g/mol. The molecule has 12 heavy (non-hydrogen) atoms. The number of likely N-dealkylation sites (N-methyl/N-ethyl adjacent to an activating group) is 1. The van der Waals surface area contributed by atoms with Crippen LogP contribution in [0.5, 0.6) is 0 Å². The van der Waals surface area contributed by atoms with Gasteiger partial charge in [-0.25, -0.2) is 4.68 Å². The van der Waals surface area contributed by atoms with Gasteiger partial charge in [0, 0.05) is 7.05 Å². The lowest BCUT2D eigenvalue weighted by Crippen LogP contribution is -3.06. The molecule has 1 aromatic rings. The third-order valence-corrected chi connectivity index (χ3v) is 1.56. The van der Waals surface area contributed by atoms with Gasteiger partial charge in [-0.2, -0.15) is 0 Å². The highest BCUT2D eigenvalue weighted by Crippen LogP contribution is 1.86. The van der Waals surface area contributed by atoms with Crippen LogP contribution >= 0.6 is 0 Å². The van der Waals surface area contributed by atoms with Crippen LogP contribution < -0.4 is 17.3 Å². The Labute approximate surface area is 78.2 Å². The summed E-state index contributed by atoms with van der Waals surface area (Å²) in [7, 11) is 6.09. The molecule has 0 saturated heterocycles. The Hall–Kier alpha value is -0.680. The predicted octanol–water partition coefficient (Wildman–Crippen LogP) is -5.10. The van der Waals surface area contributed by atoms with Gasteiger partial charge in [-0.05, 0) is 10.4 Å². The zero-order valence-corrected chi connectivity index (χ0v) is 8.34. The molecular weight excluding hydrogens is 178 g/mol. The van der Waals surface area contributed by atoms with Crippen LogP contribution in [0, 0.1) is 0 Å². The van der Waals surface area contributed by atoms with Crippen LogP contribution in [0.4, 0.5) is 0 Å². The average Bonchev–Trinajstić information content (AvgIpc) is 2.31. The highest BCUT2D eigenvalue weighted by atomic mass is 35.5. The van der Waals surface area contributed by atoms with E-state index in [2.05, 4.69) is 29.6 Å². The van der Waals surface area contributed by atoms with E-state index in [1.807, 2.05) is 7.05 Å². The summed E-state index contributed by atoms with van der Waals surface area (Å²) >= 11 is 0. The number of nitrogens with one attached hydrogen (secondary N) is 1. The van der Waals surface area contributed by atoms with Crippen molar-refractivity contribution in [1.82, 2.24) is 20.2 Å². The number of hydrogen-bond donors (Lipinski definition) is 1. The van der Waals surface area contributed by atoms with E-state index >= 15 is 0 Å². The van der Waals surface area contributed by atoms with E-state index < -0.39 is 0 Å². The summed E-state index contributed by atoms with van der Waals surface area (Å²) in [5.74, 6) is 0.950. The monoisotopic (exact) mass is 191 g/mol. The predicted molar refractivity (Wildman–Crippen MR) is 40.2 cm³/mol. The zero-order chi connectivity index (χ0) is 8.27. The lowest BCUT2D eigenvalue weighted by Gasteiger charge is -2.04. The van der Waals surface area contributed by atoms with Gasteiger partial charge in [0.2, 0.25) is 0 Å². The van der Waals surface area contributed by atoms with Crippen LogP contribution in [-0.4, -0.2) is 40.8 Å². The van der Waals surface area contributed by atoms with Crippen molar-refractivity contribution >= 4 is 0 Å². The van der Waals surface area contributed by atoms with Crippen molar-refractivity contribution < 1.29 is 17.3 Å². The number of tetrazole rings is 1. The first-order chi connectivity index (χ1) is 5.20. The Balaban J connectivity index is 0.00000121. The van der Waals surface area contributed by atoms with Crippen molar-refractivity contribution in [1.29, 1.82) is 0 Å². The van der Waals surface area contributed by atoms with Gasteiger partial charge in [-0.3, -0.25) is 0 Å². The Kier molecular flexibility index (Phi) is 4.77. The molecule has 1 aromatic heterocycles. The van der Waals surface area contributed by atoms with E-state index in [9.17, 15) is 0 Å². The van der Waals surface area contributed by atoms with E-state index in [0.717, 1.165) is 18.8 Å². The number of hydrogen-bond acceptors (Lipinski definition) is 3. The number of halogens is 1. The first kappa shape index (κ1) is 11.3. The molecule has 70 valence electrons. The van der Waals surface area contributed by atoms with E-state index in [4.69, 9.17) is 0 Å². The van der Waals surface area contributed by atoms with Crippen LogP contribution in [0.25, 0.3) is 0 Å². The van der Waals surface area contributed by atoms with E-state index in [1.165, 1.54) is 4.90 Å². The number of rotatable bonds is 3. The minimum atomic E-state index is 0. The third-order valence-electron chi connectivity index (χ3n) is 1.56. The maximum atomic E-state index is 3.88. The van der Waals surface area contributed by atoms with Crippen molar-refractivity contribution in [3.8, 4) is 0 Å². The quantitative estimate of drug-likeness (QED) is 0.520. The minimum Gasteiger partial charge on any atom is -1.00 e. The molecule has 0 amide bonds. The Morgan fingerprint density at radius 1 is 1.42 bits per heavy atom. The van der Waals surface area contributed by atoms with Crippen molar-refractivity contribution in [2.45, 2.75) is 6.42 Å². The second kappa shape index (κ2) is 5.05. The van der Waals surface area contributed by atoms with Crippen molar-refractivity contribution in [3.05, 3.63) is 5.82 Å². The van der Waals surface area contributed by atoms with Crippen LogP contribution in [0.3, 0.4) is 0 Å². The topological polar surface area (TPSA) is 48.0 Å². The second-order valence-corrected chi connectivity index (χ2v) is 2.93. The van der Waals surface area contributed by atoms with Crippen LogP contribution in [0.1, 0.15) is 5.82 Å². The van der Waals surface area contributed by atoms with Crippen LogP contribution in [-0.2, 0) is 13.5 Å². The molecule has 1 rings (SSSR count). The summed E-state index contributed by atoms with van der Waals surface area (Å²) in [5.41, 5.74) is 0. The molecule has 0 atom stereocenters. The number of quaternary nitrogens is 1. The van der Waals surface area contributed by atoms with Gasteiger partial charge in [-0.1, -0.05) is 0 Å². The maximum absolute atomic E-state index is 3.88. The summed E-state index contributed by atoms with van der Waals surface area (Å²) < 4.78 is 1.71. The SMILES string of the molecule is Cn1nnnc1CC[NH+](C)C.[Cl-]. The second-order valence-electron chi connectivity index (χ2n) is 2.93. The molecule has 1 N–H and O–H groups in total. The number of aromatic nitrogens is 4. The van der Waals surface area contributed by atoms with Crippen molar-refractivity contribution in [2.75, 3.05) is 20.6 Å². The van der Waals surface area contributed by atoms with Gasteiger partial charge in [0.1, 0.15) is 0 Å². The molecule has 0 fully saturated rings. The Bertz CT molecular complexity index is 221. The molecular formula is C6H14ClN5. The molecule has 0 aliphatic carbocycles. The molecule has 0 aromatic carbocycles. The Morgan fingerprint density at radius 2 is 2.08 bits per heavy atom. The third kappa shape index (κ3) is 3.15. The molecule has 0 radical (unpaired) electrons. The summed E-state index contributed by atoms with van der Waals surface area (Å²) in [6, 6.07) is 0. The summed E-state index contributed by atoms with van der Waals surface area (Å²) in [5, 5.41) is 11.2. The van der Waals surface area contributed by atoms with E-state index in [1.54, 1.807) is 4.68 Å². The number of aryl methyl sites for hydroxylation is 1. The lowest BCUT2D eigenvalue weighted by atomic mass is 10.4. The van der Waals surface area contributed by atoms with E-state index in [0.29, 0.717) is 0 Å². The first-order valence-corrected chi connectivity index (χ1v) is 3.70. The van der Waals surface area contributed by atoms with Gasteiger partial charge >= 0.3 is 0 Å². The summed E-state index contributed by atoms with van der Waals surface area (Å²) in [6.07, 6.45) is 0.936. The van der Waals surface area contributed by atoms with Crippen molar-refractivity contribution in [3.63, 3.8) is 0 Å². The van der Waals surface area contributed by atoms with Gasteiger partial charge < -0.3 is 17.3 Å². The lowest BCUT2D eigenvalue weighted by molar-refractivity contribution is -0.858. The summed E-state index contributed by atoms with van der Waals surface area (Å²) in [6.45, 7) is 1.06. The normalized spacial score (nSPS) is 10.0. The maximum Gasteiger partial charge on any atom is 0.156 e. The van der Waals surface area contributed by atoms with Gasteiger partial charge in [-0.15, -0.1) is 5.10 Å². The van der Waals surface area contributed by atoms with Gasteiger partial charge in [0.15, 0.2) is 5.82 Å². The van der Waals surface area contributed by atoms with Crippen LogP contribution in [0.15, 0.2) is 0 Å². The zero-order valence-electron chi connectivity index (χ0n) is 7.58. The molecule has 6 heteroatoms. The molecule has 1 heterocycles. The molecule has 0 aliphatic rings. The smallest absolute Gasteiger partial charge is 0.156 e. The Morgan fingerprint density at radius 3 is 2.50 bits per heavy atom. The largest absolute Gasteiger partial charge is 1.00 e. The number of nitrogens with zero attached hydrogens (tertiary/aromatic N) is 4. The fourth-order valence-corrected chi connectivity index (χ4v) is 0.822.